The third kappa shape index (κ3) is 6.68. The summed E-state index contributed by atoms with van der Waals surface area (Å²) in [5.41, 5.74) is 6.08. The molecule has 1 aromatic rings. The van der Waals surface area contributed by atoms with Crippen molar-refractivity contribution in [1.82, 2.24) is 4.90 Å². The highest BCUT2D eigenvalue weighted by atomic mass is 19.1. The van der Waals surface area contributed by atoms with Gasteiger partial charge in [0.15, 0.2) is 5.82 Å². The lowest BCUT2D eigenvalue weighted by molar-refractivity contribution is -0.143. The normalized spacial score (nSPS) is 17.9. The van der Waals surface area contributed by atoms with Crippen LogP contribution in [0.1, 0.15) is 57.4 Å². The molecule has 2 aliphatic heterocycles. The monoisotopic (exact) mass is 446 g/mol. The molecule has 0 atom stereocenters. The van der Waals surface area contributed by atoms with Gasteiger partial charge < -0.3 is 20.3 Å². The Morgan fingerprint density at radius 2 is 1.69 bits per heavy atom. The minimum absolute atomic E-state index is 0.162. The number of halogens is 1. The van der Waals surface area contributed by atoms with Crippen molar-refractivity contribution in [3.63, 3.8) is 0 Å². The maximum atomic E-state index is 15.0. The maximum Gasteiger partial charge on any atom is 0.313 e. The predicted octanol–water partition coefficient (Wildman–Crippen LogP) is 3.45. The molecule has 2 fully saturated rings. The molecule has 7 nitrogen and oxygen atoms in total. The van der Waals surface area contributed by atoms with Gasteiger partial charge in [-0.3, -0.25) is 15.0 Å². The Hall–Kier alpha value is -2.64. The first-order valence-corrected chi connectivity index (χ1v) is 11.6. The highest BCUT2D eigenvalue weighted by Gasteiger charge is 2.25. The van der Waals surface area contributed by atoms with Gasteiger partial charge in [0, 0.05) is 38.7 Å². The average Bonchev–Trinajstić information content (AvgIpc) is 2.77. The number of likely N-dealkylation sites (tertiary alicyclic amines) is 1. The number of piperidine rings is 2. The van der Waals surface area contributed by atoms with E-state index in [0.717, 1.165) is 51.9 Å². The Balaban J connectivity index is 1.44. The average molecular weight is 447 g/mol. The molecule has 0 saturated carbocycles. The quantitative estimate of drug-likeness (QED) is 0.362. The van der Waals surface area contributed by atoms with E-state index in [0.29, 0.717) is 23.1 Å². The molecule has 0 unspecified atom stereocenters. The zero-order chi connectivity index (χ0) is 23.1. The summed E-state index contributed by atoms with van der Waals surface area (Å²) in [4.78, 5) is 27.1. The number of nitrogens with two attached hydrogens (primary N) is 1. The van der Waals surface area contributed by atoms with Gasteiger partial charge in [0.25, 0.3) is 0 Å². The number of hydrogen-bond acceptors (Lipinski definition) is 5. The summed E-state index contributed by atoms with van der Waals surface area (Å²) in [5, 5.41) is 7.13. The van der Waals surface area contributed by atoms with Crippen LogP contribution in [-0.4, -0.2) is 48.8 Å². The second kappa shape index (κ2) is 11.3. The van der Waals surface area contributed by atoms with E-state index in [1.165, 1.54) is 12.8 Å². The number of ether oxygens (including phenoxy) is 1. The van der Waals surface area contributed by atoms with Crippen LogP contribution in [0, 0.1) is 23.1 Å². The van der Waals surface area contributed by atoms with E-state index in [1.54, 1.807) is 25.1 Å². The third-order valence-electron chi connectivity index (χ3n) is 6.78. The van der Waals surface area contributed by atoms with Crippen molar-refractivity contribution in [2.45, 2.75) is 58.5 Å². The molecule has 32 heavy (non-hydrogen) atoms. The Bertz CT molecular complexity index is 815. The van der Waals surface area contributed by atoms with Gasteiger partial charge >= 0.3 is 5.97 Å². The Labute approximate surface area is 189 Å². The summed E-state index contributed by atoms with van der Waals surface area (Å²) >= 11 is 0. The molecule has 0 bridgehead atoms. The van der Waals surface area contributed by atoms with Gasteiger partial charge in [-0.1, -0.05) is 25.0 Å². The second-order valence-corrected chi connectivity index (χ2v) is 9.07. The van der Waals surface area contributed by atoms with Crippen molar-refractivity contribution >= 4 is 23.4 Å². The molecule has 0 aliphatic carbocycles. The minimum atomic E-state index is -0.630. The van der Waals surface area contributed by atoms with Crippen molar-refractivity contribution in [3.8, 4) is 0 Å². The number of nitrogens with one attached hydrogen (secondary N) is 1. The number of carbonyl (C=O) groups is 2. The summed E-state index contributed by atoms with van der Waals surface area (Å²) in [6.45, 7) is 4.89. The Morgan fingerprint density at radius 1 is 1.09 bits per heavy atom. The summed E-state index contributed by atoms with van der Waals surface area (Å²) in [6.07, 6.45) is 6.43. The van der Waals surface area contributed by atoms with Crippen LogP contribution >= 0.6 is 0 Å². The molecule has 2 heterocycles. The first kappa shape index (κ1) is 24.0. The molecular weight excluding hydrogens is 411 g/mol. The minimum Gasteiger partial charge on any atom is -0.460 e. The number of hydrogen-bond donors (Lipinski definition) is 2. The fourth-order valence-corrected chi connectivity index (χ4v) is 4.76. The number of nitrogens with zero attached hydrogens (tertiary/aromatic N) is 2. The molecular formula is C24H35FN4O3. The van der Waals surface area contributed by atoms with E-state index in [4.69, 9.17) is 15.9 Å². The smallest absolute Gasteiger partial charge is 0.313 e. The van der Waals surface area contributed by atoms with E-state index in [-0.39, 0.29) is 30.6 Å². The number of amidine groups is 1. The molecule has 0 aromatic heterocycles. The van der Waals surface area contributed by atoms with E-state index in [2.05, 4.69) is 4.90 Å². The van der Waals surface area contributed by atoms with Crippen LogP contribution in [0.15, 0.2) is 18.2 Å². The molecule has 2 saturated heterocycles. The highest BCUT2D eigenvalue weighted by molar-refractivity contribution is 5.94. The van der Waals surface area contributed by atoms with E-state index < -0.39 is 5.97 Å². The van der Waals surface area contributed by atoms with Gasteiger partial charge in [-0.2, -0.15) is 0 Å². The Morgan fingerprint density at radius 3 is 2.25 bits per heavy atom. The summed E-state index contributed by atoms with van der Waals surface area (Å²) in [6, 6.07) is 5.18. The zero-order valence-electron chi connectivity index (χ0n) is 18.9. The number of anilines is 1. The van der Waals surface area contributed by atoms with E-state index >= 15 is 4.39 Å². The largest absolute Gasteiger partial charge is 0.460 e. The van der Waals surface area contributed by atoms with Crippen LogP contribution in [0.5, 0.6) is 0 Å². The number of rotatable bonds is 8. The summed E-state index contributed by atoms with van der Waals surface area (Å²) < 4.78 is 20.1. The fourth-order valence-electron chi connectivity index (χ4n) is 4.76. The van der Waals surface area contributed by atoms with Crippen molar-refractivity contribution < 1.29 is 18.7 Å². The van der Waals surface area contributed by atoms with Gasteiger partial charge in [-0.15, -0.1) is 0 Å². The molecule has 3 N–H and O–H groups in total. The number of amides is 1. The van der Waals surface area contributed by atoms with Crippen molar-refractivity contribution in [2.24, 2.45) is 17.6 Å². The first-order chi connectivity index (χ1) is 15.3. The molecule has 1 amide bonds. The number of benzene rings is 1. The van der Waals surface area contributed by atoms with Gasteiger partial charge in [0.05, 0.1) is 5.69 Å². The lowest BCUT2D eigenvalue weighted by Crippen LogP contribution is -2.37. The summed E-state index contributed by atoms with van der Waals surface area (Å²) in [7, 11) is 0. The van der Waals surface area contributed by atoms with Gasteiger partial charge in [0.1, 0.15) is 18.9 Å². The third-order valence-corrected chi connectivity index (χ3v) is 6.78. The van der Waals surface area contributed by atoms with Gasteiger partial charge in [-0.25, -0.2) is 4.39 Å². The molecule has 3 rings (SSSR count). The number of carbonyl (C=O) groups excluding carboxylic acids is 2. The second-order valence-electron chi connectivity index (χ2n) is 9.07. The lowest BCUT2D eigenvalue weighted by atomic mass is 9.85. The molecule has 176 valence electrons. The van der Waals surface area contributed by atoms with Crippen molar-refractivity contribution in [2.75, 3.05) is 31.1 Å². The van der Waals surface area contributed by atoms with Gasteiger partial charge in [-0.05, 0) is 43.6 Å². The van der Waals surface area contributed by atoms with Crippen molar-refractivity contribution in [1.29, 1.82) is 5.41 Å². The zero-order valence-corrected chi connectivity index (χ0v) is 18.9. The molecule has 2 aliphatic rings. The topological polar surface area (TPSA) is 99.7 Å². The predicted molar refractivity (Wildman–Crippen MR) is 122 cm³/mol. The lowest BCUT2D eigenvalue weighted by Gasteiger charge is -2.35. The first-order valence-electron chi connectivity index (χ1n) is 11.6. The van der Waals surface area contributed by atoms with Crippen LogP contribution < -0.4 is 10.6 Å². The van der Waals surface area contributed by atoms with Crippen LogP contribution in [-0.2, 0) is 20.9 Å². The van der Waals surface area contributed by atoms with Gasteiger partial charge in [0.2, 0.25) is 5.91 Å². The van der Waals surface area contributed by atoms with Crippen LogP contribution in [0.2, 0.25) is 0 Å². The van der Waals surface area contributed by atoms with Crippen LogP contribution in [0.3, 0.4) is 0 Å². The number of esters is 1. The molecule has 8 heteroatoms. The Kier molecular flexibility index (Phi) is 8.47. The fraction of sp³-hybridized carbons (Fsp3) is 0.625. The SMILES string of the molecule is CC(=O)N1CCC(CCC2CCN(c3cccc(COC(=O)CC(=N)N)c3F)CC2)CC1. The molecule has 1 aromatic carbocycles. The molecule has 0 spiro atoms. The standard InChI is InChI=1S/C24H35FN4O3/c1-17(30)28-11-7-18(8-12-28)5-6-19-9-13-29(14-10-19)21-4-2-3-20(24(21)25)16-32-23(31)15-22(26)27/h2-4,18-19H,5-16H2,1H3,(H3,26,27). The highest BCUT2D eigenvalue weighted by Crippen LogP contribution is 2.31. The molecule has 0 radical (unpaired) electrons. The van der Waals surface area contributed by atoms with E-state index in [9.17, 15) is 9.59 Å². The van der Waals surface area contributed by atoms with Crippen molar-refractivity contribution in [3.05, 3.63) is 29.6 Å². The maximum absolute atomic E-state index is 15.0. The van der Waals surface area contributed by atoms with Crippen LogP contribution in [0.4, 0.5) is 10.1 Å². The summed E-state index contributed by atoms with van der Waals surface area (Å²) in [5.74, 6) is 0.309. The van der Waals surface area contributed by atoms with E-state index in [1.807, 2.05) is 4.90 Å². The van der Waals surface area contributed by atoms with Crippen LogP contribution in [0.25, 0.3) is 0 Å².